The van der Waals surface area contributed by atoms with Gasteiger partial charge in [0.2, 0.25) is 0 Å². The average Bonchev–Trinajstić information content (AvgIpc) is 2.55. The maximum Gasteiger partial charge on any atom is 0.269 e. The monoisotopic (exact) mass is 311 g/mol. The number of amides is 2. The van der Waals surface area contributed by atoms with Gasteiger partial charge in [-0.15, -0.1) is 0 Å². The van der Waals surface area contributed by atoms with Gasteiger partial charge in [0.05, 0.1) is 0 Å². The Kier molecular flexibility index (Phi) is 5.86. The fourth-order valence-corrected chi connectivity index (χ4v) is 2.09. The smallest absolute Gasteiger partial charge is 0.269 e. The zero-order valence-electron chi connectivity index (χ0n) is 13.4. The molecule has 1 aromatic heterocycles. The van der Waals surface area contributed by atoms with E-state index in [1.165, 1.54) is 12.3 Å². The number of rotatable bonds is 6. The molecule has 0 aliphatic carbocycles. The maximum atomic E-state index is 12.3. The highest BCUT2D eigenvalue weighted by molar-refractivity contribution is 6.05. The van der Waals surface area contributed by atoms with Crippen molar-refractivity contribution in [2.24, 2.45) is 0 Å². The maximum absolute atomic E-state index is 12.3. The summed E-state index contributed by atoms with van der Waals surface area (Å²) in [6.45, 7) is 4.62. The van der Waals surface area contributed by atoms with Crippen LogP contribution >= 0.6 is 0 Å². The molecule has 2 rings (SSSR count). The van der Waals surface area contributed by atoms with Crippen molar-refractivity contribution >= 4 is 17.5 Å². The van der Waals surface area contributed by atoms with E-state index in [4.69, 9.17) is 0 Å². The van der Waals surface area contributed by atoms with Gasteiger partial charge in [-0.3, -0.25) is 14.6 Å². The van der Waals surface area contributed by atoms with Crippen LogP contribution in [0.2, 0.25) is 0 Å². The van der Waals surface area contributed by atoms with Gasteiger partial charge in [0.25, 0.3) is 11.8 Å². The molecule has 0 aliphatic heterocycles. The summed E-state index contributed by atoms with van der Waals surface area (Å²) in [7, 11) is 0. The fraction of sp³-hybridized carbons (Fsp3) is 0.278. The van der Waals surface area contributed by atoms with E-state index in [1.807, 2.05) is 31.2 Å². The number of nitrogens with zero attached hydrogens (tertiary/aromatic N) is 1. The molecule has 120 valence electrons. The predicted octanol–water partition coefficient (Wildman–Crippen LogP) is 3.17. The first-order valence-electron chi connectivity index (χ1n) is 7.72. The Labute approximate surface area is 136 Å². The Bertz CT molecular complexity index is 698. The molecular weight excluding hydrogens is 290 g/mol. The quantitative estimate of drug-likeness (QED) is 0.805. The summed E-state index contributed by atoms with van der Waals surface area (Å²) in [4.78, 5) is 28.3. The van der Waals surface area contributed by atoms with E-state index >= 15 is 0 Å². The van der Waals surface area contributed by atoms with Gasteiger partial charge in [-0.25, -0.2) is 0 Å². The fourth-order valence-electron chi connectivity index (χ4n) is 2.09. The molecule has 1 aromatic carbocycles. The second kappa shape index (κ2) is 8.08. The second-order valence-corrected chi connectivity index (χ2v) is 5.36. The number of benzene rings is 1. The first-order valence-corrected chi connectivity index (χ1v) is 7.72. The normalized spacial score (nSPS) is 10.2. The summed E-state index contributed by atoms with van der Waals surface area (Å²) in [5.74, 6) is -0.524. The summed E-state index contributed by atoms with van der Waals surface area (Å²) in [6, 6.07) is 10.6. The van der Waals surface area contributed by atoms with Crippen molar-refractivity contribution in [1.29, 1.82) is 0 Å². The largest absolute Gasteiger partial charge is 0.351 e. The average molecular weight is 311 g/mol. The topological polar surface area (TPSA) is 71.1 Å². The van der Waals surface area contributed by atoms with E-state index in [1.54, 1.807) is 6.07 Å². The molecule has 0 bridgehead atoms. The van der Waals surface area contributed by atoms with E-state index in [2.05, 4.69) is 22.5 Å². The van der Waals surface area contributed by atoms with Gasteiger partial charge in [0.1, 0.15) is 5.69 Å². The highest BCUT2D eigenvalue weighted by Gasteiger charge is 2.11. The minimum atomic E-state index is -0.263. The van der Waals surface area contributed by atoms with E-state index in [0.717, 1.165) is 24.1 Å². The lowest BCUT2D eigenvalue weighted by Crippen LogP contribution is -2.25. The van der Waals surface area contributed by atoms with Crippen LogP contribution in [0, 0.1) is 6.92 Å². The van der Waals surface area contributed by atoms with Gasteiger partial charge in [0, 0.05) is 24.0 Å². The summed E-state index contributed by atoms with van der Waals surface area (Å²) >= 11 is 0. The zero-order valence-corrected chi connectivity index (χ0v) is 13.4. The van der Waals surface area contributed by atoms with Crippen LogP contribution in [-0.2, 0) is 0 Å². The molecule has 0 unspecified atom stereocenters. The Morgan fingerprint density at radius 3 is 2.70 bits per heavy atom. The number of nitrogens with one attached hydrogen (secondary N) is 2. The van der Waals surface area contributed by atoms with Gasteiger partial charge in [0.15, 0.2) is 0 Å². The molecule has 5 nitrogen and oxygen atoms in total. The van der Waals surface area contributed by atoms with E-state index in [9.17, 15) is 9.59 Å². The van der Waals surface area contributed by atoms with Crippen LogP contribution < -0.4 is 10.6 Å². The highest BCUT2D eigenvalue weighted by atomic mass is 16.2. The molecule has 0 spiro atoms. The molecule has 1 heterocycles. The lowest BCUT2D eigenvalue weighted by atomic mass is 10.2. The molecule has 2 aromatic rings. The number of pyridine rings is 1. The highest BCUT2D eigenvalue weighted by Crippen LogP contribution is 2.12. The summed E-state index contributed by atoms with van der Waals surface area (Å²) < 4.78 is 0. The number of unbranched alkanes of at least 4 members (excludes halogenated alkanes) is 1. The first kappa shape index (κ1) is 16.7. The summed E-state index contributed by atoms with van der Waals surface area (Å²) in [5.41, 5.74) is 2.44. The Morgan fingerprint density at radius 2 is 1.96 bits per heavy atom. The first-order chi connectivity index (χ1) is 11.1. The predicted molar refractivity (Wildman–Crippen MR) is 90.6 cm³/mol. The summed E-state index contributed by atoms with van der Waals surface area (Å²) in [5, 5.41) is 5.61. The Balaban J connectivity index is 2.06. The number of hydrogen-bond acceptors (Lipinski definition) is 3. The third kappa shape index (κ3) is 4.92. The van der Waals surface area contributed by atoms with Crippen molar-refractivity contribution in [2.75, 3.05) is 11.9 Å². The van der Waals surface area contributed by atoms with E-state index in [0.29, 0.717) is 12.1 Å². The Hall–Kier alpha value is -2.69. The van der Waals surface area contributed by atoms with Crippen LogP contribution in [0.15, 0.2) is 42.6 Å². The molecule has 0 atom stereocenters. The number of aromatic nitrogens is 1. The van der Waals surface area contributed by atoms with Crippen molar-refractivity contribution < 1.29 is 9.59 Å². The third-order valence-corrected chi connectivity index (χ3v) is 3.35. The number of aryl methyl sites for hydroxylation is 1. The van der Waals surface area contributed by atoms with Crippen LogP contribution in [0.4, 0.5) is 5.69 Å². The number of hydrogen-bond donors (Lipinski definition) is 2. The van der Waals surface area contributed by atoms with Crippen molar-refractivity contribution in [1.82, 2.24) is 10.3 Å². The van der Waals surface area contributed by atoms with Crippen LogP contribution in [0.5, 0.6) is 0 Å². The van der Waals surface area contributed by atoms with Crippen molar-refractivity contribution in [3.8, 4) is 0 Å². The van der Waals surface area contributed by atoms with Crippen LogP contribution in [0.25, 0.3) is 0 Å². The van der Waals surface area contributed by atoms with Crippen LogP contribution in [0.3, 0.4) is 0 Å². The van der Waals surface area contributed by atoms with Crippen LogP contribution in [-0.4, -0.2) is 23.3 Å². The molecule has 2 amide bonds. The van der Waals surface area contributed by atoms with Gasteiger partial charge in [-0.2, -0.15) is 0 Å². The Morgan fingerprint density at radius 1 is 1.13 bits per heavy atom. The standard InChI is InChI=1S/C18H21N3O2/c1-3-4-9-20-18(23)16-12-14(8-10-19-16)17(22)21-15-7-5-6-13(2)11-15/h5-8,10-12H,3-4,9H2,1-2H3,(H,20,23)(H,21,22). The van der Waals surface area contributed by atoms with E-state index in [-0.39, 0.29) is 17.5 Å². The molecule has 2 N–H and O–H groups in total. The van der Waals surface area contributed by atoms with Gasteiger partial charge in [-0.05, 0) is 43.2 Å². The van der Waals surface area contributed by atoms with E-state index < -0.39 is 0 Å². The van der Waals surface area contributed by atoms with Crippen molar-refractivity contribution in [3.05, 3.63) is 59.4 Å². The van der Waals surface area contributed by atoms with Gasteiger partial charge >= 0.3 is 0 Å². The SMILES string of the molecule is CCCCNC(=O)c1cc(C(=O)Nc2cccc(C)c2)ccn1. The number of carbonyl (C=O) groups is 2. The van der Waals surface area contributed by atoms with Crippen molar-refractivity contribution in [3.63, 3.8) is 0 Å². The molecular formula is C18H21N3O2. The van der Waals surface area contributed by atoms with Gasteiger partial charge in [-0.1, -0.05) is 25.5 Å². The molecule has 0 saturated carbocycles. The number of carbonyl (C=O) groups excluding carboxylic acids is 2. The zero-order chi connectivity index (χ0) is 16.7. The minimum absolute atomic E-state index is 0.248. The molecule has 0 fully saturated rings. The molecule has 0 aliphatic rings. The van der Waals surface area contributed by atoms with Crippen molar-refractivity contribution in [2.45, 2.75) is 26.7 Å². The number of anilines is 1. The second-order valence-electron chi connectivity index (χ2n) is 5.36. The lowest BCUT2D eigenvalue weighted by Gasteiger charge is -2.08. The lowest BCUT2D eigenvalue weighted by molar-refractivity contribution is 0.0948. The molecule has 0 saturated heterocycles. The summed E-state index contributed by atoms with van der Waals surface area (Å²) in [6.07, 6.45) is 3.39. The molecule has 23 heavy (non-hydrogen) atoms. The molecule has 0 radical (unpaired) electrons. The van der Waals surface area contributed by atoms with Crippen LogP contribution in [0.1, 0.15) is 46.2 Å². The third-order valence-electron chi connectivity index (χ3n) is 3.35. The minimum Gasteiger partial charge on any atom is -0.351 e. The molecule has 5 heteroatoms. The van der Waals surface area contributed by atoms with Gasteiger partial charge < -0.3 is 10.6 Å².